The second kappa shape index (κ2) is 50.2. The molecule has 0 aliphatic rings. The smallest absolute Gasteiger partial charge is 0.507 e. The van der Waals surface area contributed by atoms with Crippen LogP contribution in [0.25, 0.3) is 78.2 Å². The summed E-state index contributed by atoms with van der Waals surface area (Å²) < 4.78 is 62.0. The summed E-state index contributed by atoms with van der Waals surface area (Å²) in [6.45, 7) is 50.0. The van der Waals surface area contributed by atoms with Gasteiger partial charge in [-0.3, -0.25) is 27.0 Å². The van der Waals surface area contributed by atoms with Crippen molar-refractivity contribution < 1.29 is 137 Å². The Labute approximate surface area is 896 Å². The number of aliphatic imine (C=N–C) groups is 1. The molecule has 0 bridgehead atoms. The molecule has 0 aliphatic heterocycles. The maximum atomic E-state index is 15.4. The number of carbonyl (C=O) groups is 2. The number of pyridine rings is 5. The van der Waals surface area contributed by atoms with Gasteiger partial charge in [-0.2, -0.15) is 0 Å². The Morgan fingerprint density at radius 1 is 0.510 bits per heavy atom. The number of benzene rings is 7. The minimum Gasteiger partial charge on any atom is -0.507 e. The van der Waals surface area contributed by atoms with Crippen molar-refractivity contribution in [2.24, 2.45) is 34.2 Å². The zero-order chi connectivity index (χ0) is 102. The van der Waals surface area contributed by atoms with Gasteiger partial charge in [0.25, 0.3) is 0 Å². The predicted molar refractivity (Wildman–Crippen MR) is 543 cm³/mol. The fourth-order valence-corrected chi connectivity index (χ4v) is 16.6. The van der Waals surface area contributed by atoms with Crippen LogP contribution in [0, 0.1) is 95.5 Å². The standard InChI is InChI=1S/C32H36N2O2.C31H32F2N3O2.C28H31N3O.C25H25F2N4O2.4Pt/c1-31(2,3)19-21-15-25(23-11-7-9-13-29(23)35)33-27(17-21)28-18-22(20-32(4,5)6)16-26(34-28)24-12-8-10-14-30(24)36;1-18(2)13-14-21-23(32)16-15-22(27(21)33)24-11-8-12-25(34-24)31(5,6)26-17-36(29(35-26)30(37)38)28-19(3)9-7-10-20(28)4;1-5-11-20(6-2)21-16-18-23(19-17-21)26(29)31-27(32)28(3,4)25-15-10-14-24(30-25)22-12-8-7-9-13-22;1-24(2,3)12-14-10-17(15-8-9-16(26)21(28-6)20(15)27)29-19(11-14)25(4,5)23-30-18(22(32)33)13-31(23)7;;;;/h7-18,35-36H,19-20H2,1-6H3;7-12,16-18H,13-14H2,1-6H3,(H,37,38);7-10,12,14-18,20H,5-6,11H2,1-4H3,(H2,29,31,32);9-11,13H,12H2,1-5,7H3,(H,32,33);;;;/q;-1;-2;-1;;;;+2. The van der Waals surface area contributed by atoms with Crippen LogP contribution in [0.4, 0.5) is 23.2 Å². The maximum absolute atomic E-state index is 15.4. The second-order valence-corrected chi connectivity index (χ2v) is 40.9. The molecule has 7 heterocycles. The first-order valence-electron chi connectivity index (χ1n) is 46.6. The Morgan fingerprint density at radius 2 is 1.01 bits per heavy atom. The van der Waals surface area contributed by atoms with Gasteiger partial charge in [0, 0.05) is 140 Å². The Morgan fingerprint density at radius 3 is 1.51 bits per heavy atom. The van der Waals surface area contributed by atoms with Crippen LogP contribution >= 0.6 is 0 Å². The molecule has 7 aromatic carbocycles. The number of aromatic nitrogens is 9. The number of imidazole rings is 2. The molecule has 6 N–H and O–H groups in total. The van der Waals surface area contributed by atoms with Gasteiger partial charge >= 0.3 is 33.0 Å². The van der Waals surface area contributed by atoms with E-state index in [1.807, 2.05) is 191 Å². The van der Waals surface area contributed by atoms with E-state index in [1.54, 1.807) is 58.8 Å². The number of aromatic carboxylic acids is 2. The van der Waals surface area contributed by atoms with E-state index in [2.05, 4.69) is 149 Å². The number of aromatic hydroxyl groups is 2. The summed E-state index contributed by atoms with van der Waals surface area (Å²) in [6, 6.07) is 70.5. The minimum absolute atomic E-state index is 0. The average Bonchev–Trinajstić information content (AvgIpc) is 1.61. The predicted octanol–water partition coefficient (Wildman–Crippen LogP) is 27.9. The molecule has 0 aliphatic carbocycles. The van der Waals surface area contributed by atoms with Gasteiger partial charge in [0.15, 0.2) is 17.3 Å². The first-order chi connectivity index (χ1) is 65.4. The number of aryl methyl sites for hydroxylation is 3. The van der Waals surface area contributed by atoms with Gasteiger partial charge in [-0.1, -0.05) is 205 Å². The van der Waals surface area contributed by atoms with Gasteiger partial charge < -0.3 is 50.5 Å². The molecule has 1 atom stereocenters. The largest absolute Gasteiger partial charge is 2.00 e. The van der Waals surface area contributed by atoms with E-state index in [0.29, 0.717) is 75.7 Å². The van der Waals surface area contributed by atoms with Gasteiger partial charge in [0.05, 0.1) is 57.4 Å². The summed E-state index contributed by atoms with van der Waals surface area (Å²) in [5.41, 5.74) is 13.2. The third-order valence-corrected chi connectivity index (χ3v) is 23.9. The van der Waals surface area contributed by atoms with Crippen LogP contribution in [0.2, 0.25) is 0 Å². The van der Waals surface area contributed by atoms with E-state index in [4.69, 9.17) is 31.9 Å². The van der Waals surface area contributed by atoms with Gasteiger partial charge in [-0.25, -0.2) is 34.5 Å². The number of halogens is 4. The number of rotatable bonds is 26. The fraction of sp³-hybridized carbons (Fsp3) is 0.328. The molecular weight excluding hydrogens is 2530 g/mol. The molecular formula is C116H124F4N12O7Pt4-2. The van der Waals surface area contributed by atoms with E-state index >= 15 is 4.39 Å². The van der Waals surface area contributed by atoms with Crippen molar-refractivity contribution in [2.45, 2.75) is 219 Å². The first kappa shape index (κ1) is 118. The number of phenolic OH excluding ortho intramolecular Hbond substituents is 2. The summed E-state index contributed by atoms with van der Waals surface area (Å²) in [7, 11) is 1.70. The van der Waals surface area contributed by atoms with E-state index < -0.39 is 57.1 Å². The molecule has 1 unspecified atom stereocenters. The normalized spacial score (nSPS) is 11.9. The van der Waals surface area contributed by atoms with E-state index in [-0.39, 0.29) is 164 Å². The van der Waals surface area contributed by atoms with Gasteiger partial charge in [0.1, 0.15) is 17.3 Å². The van der Waals surface area contributed by atoms with Crippen molar-refractivity contribution in [3.63, 3.8) is 0 Å². The number of carboxylic acid groups (broad SMARTS) is 2. The van der Waals surface area contributed by atoms with Crippen molar-refractivity contribution in [3.05, 3.63) is 350 Å². The van der Waals surface area contributed by atoms with Crippen LogP contribution in [0.1, 0.15) is 257 Å². The van der Waals surface area contributed by atoms with Crippen molar-refractivity contribution in [1.29, 1.82) is 5.41 Å². The Balaban J connectivity index is 0.000000257. The summed E-state index contributed by atoms with van der Waals surface area (Å²) >= 11 is 0. The number of amidine groups is 1. The summed E-state index contributed by atoms with van der Waals surface area (Å²) in [6.07, 6.45) is 9.82. The SMILES string of the molecule is CC(C)(C)Cc1cc(-c2cc(CC(C)(C)C)cc(-c3ccccc3O)n2)nc(-c2ccccc2O)c1.CCCC(CC)c1c[c-]c(C(=N)N=C(O)C(C)(C)c2cccc(-c3[c-]cccc3)n2)cc1.Cc1cccc(C)c1-n1cc(C(C)(C)c2cccc(-c3[c-]cc(F)c(CCC(C)C)c3F)n2)nc1C(=O)O.[C-]#[N+]c1c(F)c[c-]c(-c2cc(CC(C)(C)C)cc(C(C)(C)c3nc(C(=O)O)cn3C)n2)c1F.[Pt+2].[Pt].[Pt].[Pt]. The van der Waals surface area contributed by atoms with Crippen LogP contribution < -0.4 is 0 Å². The molecule has 760 valence electrons. The average molecular weight is 2650 g/mol. The monoisotopic (exact) mass is 2650 g/mol. The van der Waals surface area contributed by atoms with Crippen LogP contribution in [0.5, 0.6) is 11.5 Å². The molecule has 7 aromatic heterocycles. The number of nitrogens with one attached hydrogen (secondary N) is 1. The summed E-state index contributed by atoms with van der Waals surface area (Å²) in [5, 5.41) is 59.6. The molecule has 14 rings (SSSR count). The number of phenols is 2. The summed E-state index contributed by atoms with van der Waals surface area (Å²) in [4.78, 5) is 63.5. The van der Waals surface area contributed by atoms with Crippen molar-refractivity contribution in [1.82, 2.24) is 44.0 Å². The molecule has 0 saturated heterocycles. The Bertz CT molecular complexity index is 6770. The van der Waals surface area contributed by atoms with Crippen LogP contribution in [0.15, 0.2) is 212 Å². The third-order valence-electron chi connectivity index (χ3n) is 23.9. The molecule has 0 amide bonds. The number of carboxylic acids is 2. The molecule has 143 heavy (non-hydrogen) atoms. The van der Waals surface area contributed by atoms with Gasteiger partial charge in [-0.05, 0) is 216 Å². The van der Waals surface area contributed by atoms with E-state index in [1.165, 1.54) is 17.8 Å². The number of aliphatic hydroxyl groups is 1. The number of hydrogen-bond donors (Lipinski definition) is 6. The third kappa shape index (κ3) is 30.0. The maximum Gasteiger partial charge on any atom is 2.00 e. The van der Waals surface area contributed by atoms with Crippen molar-refractivity contribution in [2.75, 3.05) is 0 Å². The number of para-hydroxylation sites is 3. The number of nitrogens with zero attached hydrogens (tertiary/aromatic N) is 11. The van der Waals surface area contributed by atoms with Crippen LogP contribution in [0.3, 0.4) is 0 Å². The quantitative estimate of drug-likeness (QED) is 0.0127. The molecule has 0 radical (unpaired) electrons. The van der Waals surface area contributed by atoms with Crippen molar-refractivity contribution in [3.8, 4) is 84.9 Å². The Kier molecular flexibility index (Phi) is 41.6. The molecule has 14 aromatic rings. The van der Waals surface area contributed by atoms with Gasteiger partial charge in [-0.15, -0.1) is 101 Å². The first-order valence-corrected chi connectivity index (χ1v) is 46.6. The molecule has 0 spiro atoms. The zero-order valence-electron chi connectivity index (χ0n) is 84.7. The minimum atomic E-state index is -1.15. The number of hydrogen-bond acceptors (Lipinski definition) is 12. The van der Waals surface area contributed by atoms with Crippen LogP contribution in [-0.4, -0.2) is 93.2 Å². The zero-order valence-corrected chi connectivity index (χ0v) is 93.8. The fourth-order valence-electron chi connectivity index (χ4n) is 16.6. The molecule has 19 nitrogen and oxygen atoms in total. The summed E-state index contributed by atoms with van der Waals surface area (Å²) in [5.74, 6) is -4.12. The van der Waals surface area contributed by atoms with E-state index in [0.717, 1.165) is 106 Å². The van der Waals surface area contributed by atoms with Crippen LogP contribution in [-0.2, 0) is 133 Å². The Hall–Kier alpha value is -11.6. The van der Waals surface area contributed by atoms with Crippen molar-refractivity contribution >= 4 is 29.4 Å². The molecule has 0 fully saturated rings. The van der Waals surface area contributed by atoms with Gasteiger partial charge in [0.2, 0.25) is 5.82 Å². The van der Waals surface area contributed by atoms with E-state index in [9.17, 15) is 48.3 Å². The molecule has 27 heteroatoms. The molecule has 0 saturated carbocycles. The topological polar surface area (TPSA) is 276 Å². The second-order valence-electron chi connectivity index (χ2n) is 40.9. The number of aliphatic hydroxyl groups excluding tert-OH is 1.